The molecular formula is C16H19FN4O2. The van der Waals surface area contributed by atoms with Gasteiger partial charge in [-0.15, -0.1) is 0 Å². The van der Waals surface area contributed by atoms with Crippen molar-refractivity contribution in [3.8, 4) is 0 Å². The molecule has 7 heteroatoms. The molecule has 0 aliphatic carbocycles. The van der Waals surface area contributed by atoms with Gasteiger partial charge in [-0.2, -0.15) is 4.98 Å². The Labute approximate surface area is 133 Å². The summed E-state index contributed by atoms with van der Waals surface area (Å²) in [6.45, 7) is 3.20. The summed E-state index contributed by atoms with van der Waals surface area (Å²) in [6.07, 6.45) is 1.76. The molecule has 1 aromatic heterocycles. The third-order valence-corrected chi connectivity index (χ3v) is 3.97. The van der Waals surface area contributed by atoms with Crippen molar-refractivity contribution >= 4 is 5.91 Å². The van der Waals surface area contributed by atoms with Crippen LogP contribution in [0.2, 0.25) is 0 Å². The average molecular weight is 318 g/mol. The van der Waals surface area contributed by atoms with Crippen LogP contribution in [0.3, 0.4) is 0 Å². The molecule has 1 aliphatic heterocycles. The van der Waals surface area contributed by atoms with Crippen molar-refractivity contribution in [3.05, 3.63) is 47.4 Å². The molecule has 122 valence electrons. The summed E-state index contributed by atoms with van der Waals surface area (Å²) in [4.78, 5) is 16.7. The van der Waals surface area contributed by atoms with Crippen molar-refractivity contribution in [2.45, 2.75) is 25.8 Å². The van der Waals surface area contributed by atoms with E-state index in [9.17, 15) is 9.18 Å². The lowest BCUT2D eigenvalue weighted by atomic mass is 9.97. The maximum absolute atomic E-state index is 14.2. The van der Waals surface area contributed by atoms with Gasteiger partial charge in [-0.3, -0.25) is 4.79 Å². The Kier molecular flexibility index (Phi) is 4.66. The minimum atomic E-state index is -0.761. The first-order valence-corrected chi connectivity index (χ1v) is 7.71. The average Bonchev–Trinajstić information content (AvgIpc) is 3.00. The molecule has 1 aromatic carbocycles. The van der Waals surface area contributed by atoms with E-state index in [1.54, 1.807) is 25.1 Å². The number of carbonyl (C=O) groups excluding carboxylic acids is 1. The molecule has 6 nitrogen and oxygen atoms in total. The van der Waals surface area contributed by atoms with Gasteiger partial charge in [-0.25, -0.2) is 4.39 Å². The number of aromatic nitrogens is 2. The van der Waals surface area contributed by atoms with Gasteiger partial charge in [-0.1, -0.05) is 23.4 Å². The second-order valence-corrected chi connectivity index (χ2v) is 5.68. The number of nitrogens with zero attached hydrogens (tertiary/aromatic N) is 2. The van der Waals surface area contributed by atoms with Gasteiger partial charge in [0.1, 0.15) is 11.9 Å². The van der Waals surface area contributed by atoms with Gasteiger partial charge in [0.2, 0.25) is 11.8 Å². The van der Waals surface area contributed by atoms with Gasteiger partial charge in [0, 0.05) is 19.0 Å². The maximum Gasteiger partial charge on any atom is 0.225 e. The third-order valence-electron chi connectivity index (χ3n) is 3.97. The van der Waals surface area contributed by atoms with E-state index in [2.05, 4.69) is 20.8 Å². The fraction of sp³-hybridized carbons (Fsp3) is 0.438. The van der Waals surface area contributed by atoms with Crippen LogP contribution in [0.15, 0.2) is 28.8 Å². The summed E-state index contributed by atoms with van der Waals surface area (Å²) in [5.74, 6) is -0.0550. The van der Waals surface area contributed by atoms with Crippen LogP contribution >= 0.6 is 0 Å². The van der Waals surface area contributed by atoms with Crippen LogP contribution in [0.5, 0.6) is 0 Å². The van der Waals surface area contributed by atoms with Crippen LogP contribution in [0, 0.1) is 18.7 Å². The van der Waals surface area contributed by atoms with Crippen molar-refractivity contribution in [2.75, 3.05) is 13.1 Å². The van der Waals surface area contributed by atoms with Gasteiger partial charge >= 0.3 is 0 Å². The van der Waals surface area contributed by atoms with Crippen LogP contribution < -0.4 is 10.6 Å². The van der Waals surface area contributed by atoms with Crippen molar-refractivity contribution in [2.24, 2.45) is 5.92 Å². The molecule has 0 spiro atoms. The Hall–Kier alpha value is -2.28. The molecule has 2 heterocycles. The van der Waals surface area contributed by atoms with Crippen LogP contribution in [0.25, 0.3) is 0 Å². The number of hydrogen-bond acceptors (Lipinski definition) is 5. The summed E-state index contributed by atoms with van der Waals surface area (Å²) in [7, 11) is 0. The monoisotopic (exact) mass is 318 g/mol. The fourth-order valence-electron chi connectivity index (χ4n) is 2.76. The Balaban J connectivity index is 1.86. The highest BCUT2D eigenvalue weighted by Crippen LogP contribution is 2.23. The summed E-state index contributed by atoms with van der Waals surface area (Å²) < 4.78 is 19.2. The molecule has 2 N–H and O–H groups in total. The normalized spacial score (nSPS) is 19.3. The number of amides is 1. The number of aryl methyl sites for hydroxylation is 1. The van der Waals surface area contributed by atoms with Crippen molar-refractivity contribution < 1.29 is 13.7 Å². The SMILES string of the molecule is Cc1nc([C@H](NC(=O)[C@@H]2CCCNC2)c2ccccc2F)no1. The van der Waals surface area contributed by atoms with E-state index in [0.717, 1.165) is 19.4 Å². The van der Waals surface area contributed by atoms with Crippen LogP contribution in [-0.2, 0) is 4.79 Å². The lowest BCUT2D eigenvalue weighted by Gasteiger charge is -2.24. The van der Waals surface area contributed by atoms with Gasteiger partial charge in [0.15, 0.2) is 5.82 Å². The Morgan fingerprint density at radius 2 is 2.30 bits per heavy atom. The number of hydrogen-bond donors (Lipinski definition) is 2. The molecule has 1 amide bonds. The molecule has 0 saturated carbocycles. The first-order valence-electron chi connectivity index (χ1n) is 7.71. The zero-order valence-electron chi connectivity index (χ0n) is 12.9. The highest BCUT2D eigenvalue weighted by atomic mass is 19.1. The summed E-state index contributed by atoms with van der Waals surface area (Å²) in [5.41, 5.74) is 0.324. The molecule has 3 rings (SSSR count). The minimum Gasteiger partial charge on any atom is -0.341 e. The first-order chi connectivity index (χ1) is 11.1. The zero-order valence-corrected chi connectivity index (χ0v) is 12.9. The van der Waals surface area contributed by atoms with E-state index >= 15 is 0 Å². The lowest BCUT2D eigenvalue weighted by Crippen LogP contribution is -2.42. The molecule has 23 heavy (non-hydrogen) atoms. The predicted molar refractivity (Wildman–Crippen MR) is 81.0 cm³/mol. The van der Waals surface area contributed by atoms with Crippen molar-refractivity contribution in [1.29, 1.82) is 0 Å². The second-order valence-electron chi connectivity index (χ2n) is 5.68. The van der Waals surface area contributed by atoms with E-state index in [0.29, 0.717) is 18.0 Å². The molecule has 2 atom stereocenters. The topological polar surface area (TPSA) is 80.0 Å². The summed E-state index contributed by atoms with van der Waals surface area (Å²) >= 11 is 0. The molecule has 0 unspecified atom stereocenters. The Bertz CT molecular complexity index is 682. The number of halogens is 1. The molecular weight excluding hydrogens is 299 g/mol. The number of rotatable bonds is 4. The van der Waals surface area contributed by atoms with E-state index in [-0.39, 0.29) is 17.6 Å². The maximum atomic E-state index is 14.2. The standard InChI is InChI=1S/C16H19FN4O2/c1-10-19-15(21-23-10)14(12-6-2-3-7-13(12)17)20-16(22)11-5-4-8-18-9-11/h2-3,6-7,11,14,18H,4-5,8-9H2,1H3,(H,20,22)/t11-,14-/m1/s1. The van der Waals surface area contributed by atoms with Gasteiger partial charge < -0.3 is 15.2 Å². The molecule has 2 aromatic rings. The molecule has 1 fully saturated rings. The smallest absolute Gasteiger partial charge is 0.225 e. The Morgan fingerprint density at radius 3 is 2.96 bits per heavy atom. The molecule has 1 aliphatic rings. The van der Waals surface area contributed by atoms with Gasteiger partial charge in [0.05, 0.1) is 5.92 Å². The predicted octanol–water partition coefficient (Wildman–Crippen LogP) is 1.72. The summed E-state index contributed by atoms with van der Waals surface area (Å²) in [5, 5.41) is 9.92. The van der Waals surface area contributed by atoms with Crippen molar-refractivity contribution in [3.63, 3.8) is 0 Å². The van der Waals surface area contributed by atoms with Gasteiger partial charge in [0.25, 0.3) is 0 Å². The fourth-order valence-corrected chi connectivity index (χ4v) is 2.76. The second kappa shape index (κ2) is 6.87. The molecule has 1 saturated heterocycles. The first kappa shape index (κ1) is 15.6. The highest BCUT2D eigenvalue weighted by Gasteiger charge is 2.28. The minimum absolute atomic E-state index is 0.132. The lowest BCUT2D eigenvalue weighted by molar-refractivity contribution is -0.126. The largest absolute Gasteiger partial charge is 0.341 e. The van der Waals surface area contributed by atoms with Crippen LogP contribution in [0.1, 0.15) is 36.2 Å². The quantitative estimate of drug-likeness (QED) is 0.897. The number of piperidine rings is 1. The van der Waals surface area contributed by atoms with Crippen LogP contribution in [-0.4, -0.2) is 29.1 Å². The van der Waals surface area contributed by atoms with Gasteiger partial charge in [-0.05, 0) is 25.5 Å². The van der Waals surface area contributed by atoms with E-state index < -0.39 is 11.9 Å². The van der Waals surface area contributed by atoms with E-state index in [1.807, 2.05) is 0 Å². The Morgan fingerprint density at radius 1 is 1.48 bits per heavy atom. The third kappa shape index (κ3) is 3.56. The van der Waals surface area contributed by atoms with Crippen molar-refractivity contribution in [1.82, 2.24) is 20.8 Å². The van der Waals surface area contributed by atoms with E-state index in [1.165, 1.54) is 6.07 Å². The number of benzene rings is 1. The zero-order chi connectivity index (χ0) is 16.2. The number of nitrogens with one attached hydrogen (secondary N) is 2. The number of carbonyl (C=O) groups is 1. The molecule has 0 bridgehead atoms. The van der Waals surface area contributed by atoms with Crippen LogP contribution in [0.4, 0.5) is 4.39 Å². The van der Waals surface area contributed by atoms with E-state index in [4.69, 9.17) is 4.52 Å². The molecule has 0 radical (unpaired) electrons. The highest BCUT2D eigenvalue weighted by molar-refractivity contribution is 5.79. The summed E-state index contributed by atoms with van der Waals surface area (Å²) in [6, 6.07) is 5.52.